The highest BCUT2D eigenvalue weighted by Crippen LogP contribution is 2.44. The predicted octanol–water partition coefficient (Wildman–Crippen LogP) is 2.72. The lowest BCUT2D eigenvalue weighted by atomic mass is 9.95. The van der Waals surface area contributed by atoms with Gasteiger partial charge in [-0.3, -0.25) is 0 Å². The van der Waals surface area contributed by atoms with Crippen molar-refractivity contribution >= 4 is 0 Å². The normalized spacial score (nSPS) is 38.6. The number of fused-ring (bicyclic) bond motifs is 2. The Morgan fingerprint density at radius 1 is 1.00 bits per heavy atom. The SMILES string of the molecule is C1CCC(OCCNC2CC3CCC2C3)C1. The molecule has 2 heteroatoms. The van der Waals surface area contributed by atoms with Gasteiger partial charge in [0.2, 0.25) is 0 Å². The minimum absolute atomic E-state index is 0.585. The van der Waals surface area contributed by atoms with E-state index in [0.717, 1.165) is 31.0 Å². The van der Waals surface area contributed by atoms with Gasteiger partial charge < -0.3 is 10.1 Å². The van der Waals surface area contributed by atoms with E-state index < -0.39 is 0 Å². The monoisotopic (exact) mass is 223 g/mol. The Morgan fingerprint density at radius 3 is 2.56 bits per heavy atom. The van der Waals surface area contributed by atoms with Gasteiger partial charge in [-0.1, -0.05) is 19.3 Å². The first-order valence-corrected chi connectivity index (χ1v) is 7.27. The molecule has 3 atom stereocenters. The summed E-state index contributed by atoms with van der Waals surface area (Å²) in [6.07, 6.45) is 11.9. The first-order valence-electron chi connectivity index (χ1n) is 7.27. The van der Waals surface area contributed by atoms with Crippen LogP contribution in [0.1, 0.15) is 51.4 Å². The van der Waals surface area contributed by atoms with E-state index in [1.165, 1.54) is 51.4 Å². The predicted molar refractivity (Wildman–Crippen MR) is 65.4 cm³/mol. The largest absolute Gasteiger partial charge is 0.377 e. The van der Waals surface area contributed by atoms with Gasteiger partial charge in [0.15, 0.2) is 0 Å². The Morgan fingerprint density at radius 2 is 1.88 bits per heavy atom. The minimum atomic E-state index is 0.585. The van der Waals surface area contributed by atoms with Crippen molar-refractivity contribution in [2.45, 2.75) is 63.5 Å². The third-order valence-corrected chi connectivity index (χ3v) is 4.90. The van der Waals surface area contributed by atoms with Gasteiger partial charge in [0, 0.05) is 12.6 Å². The molecule has 3 saturated carbocycles. The third-order valence-electron chi connectivity index (χ3n) is 4.90. The molecule has 0 aromatic rings. The van der Waals surface area contributed by atoms with Crippen LogP contribution in [-0.4, -0.2) is 25.3 Å². The van der Waals surface area contributed by atoms with Gasteiger partial charge in [-0.2, -0.15) is 0 Å². The van der Waals surface area contributed by atoms with E-state index in [2.05, 4.69) is 5.32 Å². The molecule has 3 rings (SSSR count). The van der Waals surface area contributed by atoms with Crippen LogP contribution in [0.2, 0.25) is 0 Å². The summed E-state index contributed by atoms with van der Waals surface area (Å²) >= 11 is 0. The summed E-state index contributed by atoms with van der Waals surface area (Å²) < 4.78 is 5.88. The molecule has 3 unspecified atom stereocenters. The molecule has 1 N–H and O–H groups in total. The zero-order valence-electron chi connectivity index (χ0n) is 10.3. The Labute approximate surface area is 99.1 Å². The van der Waals surface area contributed by atoms with Crippen LogP contribution in [-0.2, 0) is 4.74 Å². The summed E-state index contributed by atoms with van der Waals surface area (Å²) in [4.78, 5) is 0. The fraction of sp³-hybridized carbons (Fsp3) is 1.00. The molecule has 2 bridgehead atoms. The number of ether oxygens (including phenoxy) is 1. The van der Waals surface area contributed by atoms with E-state index in [9.17, 15) is 0 Å². The number of hydrogen-bond acceptors (Lipinski definition) is 2. The standard InChI is InChI=1S/C14H25NO/c1-2-4-13(3-1)16-8-7-15-14-10-11-5-6-12(14)9-11/h11-15H,1-10H2. The van der Waals surface area contributed by atoms with Crippen LogP contribution in [0.15, 0.2) is 0 Å². The molecular weight excluding hydrogens is 198 g/mol. The van der Waals surface area contributed by atoms with Crippen LogP contribution in [0.3, 0.4) is 0 Å². The molecule has 92 valence electrons. The van der Waals surface area contributed by atoms with Crippen molar-refractivity contribution in [2.75, 3.05) is 13.2 Å². The van der Waals surface area contributed by atoms with Crippen molar-refractivity contribution in [1.29, 1.82) is 0 Å². The lowest BCUT2D eigenvalue weighted by molar-refractivity contribution is 0.0581. The molecule has 3 fully saturated rings. The molecule has 16 heavy (non-hydrogen) atoms. The zero-order chi connectivity index (χ0) is 10.8. The maximum atomic E-state index is 5.88. The highest BCUT2D eigenvalue weighted by molar-refractivity contribution is 4.93. The maximum Gasteiger partial charge on any atom is 0.0594 e. The van der Waals surface area contributed by atoms with Gasteiger partial charge in [-0.05, 0) is 43.9 Å². The zero-order valence-corrected chi connectivity index (χ0v) is 10.3. The van der Waals surface area contributed by atoms with Gasteiger partial charge in [0.25, 0.3) is 0 Å². The summed E-state index contributed by atoms with van der Waals surface area (Å²) in [5, 5.41) is 3.71. The highest BCUT2D eigenvalue weighted by Gasteiger charge is 2.38. The molecule has 0 amide bonds. The van der Waals surface area contributed by atoms with E-state index in [1.807, 2.05) is 0 Å². The topological polar surface area (TPSA) is 21.3 Å². The van der Waals surface area contributed by atoms with E-state index in [0.29, 0.717) is 6.10 Å². The van der Waals surface area contributed by atoms with Crippen LogP contribution < -0.4 is 5.32 Å². The van der Waals surface area contributed by atoms with Crippen molar-refractivity contribution in [1.82, 2.24) is 5.32 Å². The van der Waals surface area contributed by atoms with Gasteiger partial charge >= 0.3 is 0 Å². The lowest BCUT2D eigenvalue weighted by Gasteiger charge is -2.23. The van der Waals surface area contributed by atoms with Crippen molar-refractivity contribution in [3.05, 3.63) is 0 Å². The Balaban J connectivity index is 1.29. The van der Waals surface area contributed by atoms with E-state index >= 15 is 0 Å². The molecule has 0 radical (unpaired) electrons. The molecule has 3 aliphatic rings. The van der Waals surface area contributed by atoms with Crippen molar-refractivity contribution in [2.24, 2.45) is 11.8 Å². The molecule has 0 aromatic carbocycles. The highest BCUT2D eigenvalue weighted by atomic mass is 16.5. The van der Waals surface area contributed by atoms with Crippen molar-refractivity contribution in [3.8, 4) is 0 Å². The average molecular weight is 223 g/mol. The second kappa shape index (κ2) is 5.05. The summed E-state index contributed by atoms with van der Waals surface area (Å²) in [6.45, 7) is 2.00. The van der Waals surface area contributed by atoms with Gasteiger partial charge in [0.05, 0.1) is 12.7 Å². The quantitative estimate of drug-likeness (QED) is 0.724. The number of nitrogens with one attached hydrogen (secondary N) is 1. The number of hydrogen-bond donors (Lipinski definition) is 1. The first kappa shape index (κ1) is 11.0. The third kappa shape index (κ3) is 2.43. The Hall–Kier alpha value is -0.0800. The first-order chi connectivity index (χ1) is 7.92. The lowest BCUT2D eigenvalue weighted by Crippen LogP contribution is -2.36. The molecule has 0 aromatic heterocycles. The number of rotatable bonds is 5. The maximum absolute atomic E-state index is 5.88. The fourth-order valence-electron chi connectivity index (χ4n) is 4.02. The van der Waals surface area contributed by atoms with Gasteiger partial charge in [-0.25, -0.2) is 0 Å². The van der Waals surface area contributed by atoms with Crippen LogP contribution in [0.25, 0.3) is 0 Å². The van der Waals surface area contributed by atoms with Crippen LogP contribution in [0.4, 0.5) is 0 Å². The van der Waals surface area contributed by atoms with Crippen LogP contribution in [0.5, 0.6) is 0 Å². The van der Waals surface area contributed by atoms with Crippen molar-refractivity contribution < 1.29 is 4.74 Å². The van der Waals surface area contributed by atoms with Crippen LogP contribution >= 0.6 is 0 Å². The van der Waals surface area contributed by atoms with E-state index in [-0.39, 0.29) is 0 Å². The molecule has 2 nitrogen and oxygen atoms in total. The summed E-state index contributed by atoms with van der Waals surface area (Å²) in [7, 11) is 0. The molecular formula is C14H25NO. The second-order valence-corrected chi connectivity index (χ2v) is 6.01. The second-order valence-electron chi connectivity index (χ2n) is 6.01. The van der Waals surface area contributed by atoms with E-state index in [1.54, 1.807) is 0 Å². The summed E-state index contributed by atoms with van der Waals surface area (Å²) in [5.41, 5.74) is 0. The summed E-state index contributed by atoms with van der Waals surface area (Å²) in [5.74, 6) is 2.05. The molecule has 3 aliphatic carbocycles. The van der Waals surface area contributed by atoms with Gasteiger partial charge in [0.1, 0.15) is 0 Å². The molecule has 0 aliphatic heterocycles. The van der Waals surface area contributed by atoms with Crippen molar-refractivity contribution in [3.63, 3.8) is 0 Å². The molecule has 0 spiro atoms. The smallest absolute Gasteiger partial charge is 0.0594 e. The minimum Gasteiger partial charge on any atom is -0.377 e. The molecule has 0 saturated heterocycles. The Kier molecular flexibility index (Phi) is 3.49. The van der Waals surface area contributed by atoms with Crippen LogP contribution in [0, 0.1) is 11.8 Å². The van der Waals surface area contributed by atoms with Gasteiger partial charge in [-0.15, -0.1) is 0 Å². The van der Waals surface area contributed by atoms with E-state index in [4.69, 9.17) is 4.74 Å². The summed E-state index contributed by atoms with van der Waals surface area (Å²) in [6, 6.07) is 0.825. The average Bonchev–Trinajstić information content (AvgIpc) is 3.01. The molecule has 0 heterocycles. The fourth-order valence-corrected chi connectivity index (χ4v) is 4.02. The Bertz CT molecular complexity index is 225.